The molecular weight excluding hydrogens is 590 g/mol. The molecule has 0 radical (unpaired) electrons. The minimum absolute atomic E-state index is 0.0209. The summed E-state index contributed by atoms with van der Waals surface area (Å²) in [5.41, 5.74) is -0.849. The maximum absolute atomic E-state index is 13.4. The predicted octanol–water partition coefficient (Wildman–Crippen LogP) is 9.30. The standard InChI is InChI=1S/C18H17ClF7N3S.C5H6Cl2/c1-11(19)8-27-16-28-15(18(24,25)26)14(30-16)10-29(6-5-17(21,22)23)9-12-3-2-4-13(20)7-12;1-4(6)3-5(2)7/h2-4,7H,1,5-6,8-10H2,(H,27,28);3H,1H2,2H3/b;5-3+. The first-order valence-corrected chi connectivity index (χ1v) is 12.3. The van der Waals surface area contributed by atoms with Gasteiger partial charge in [0.1, 0.15) is 5.82 Å². The highest BCUT2D eigenvalue weighted by Crippen LogP contribution is 2.37. The fraction of sp³-hybridized carbons (Fsp3) is 0.348. The first-order valence-electron chi connectivity index (χ1n) is 10.3. The molecule has 0 spiro atoms. The highest BCUT2D eigenvalue weighted by molar-refractivity contribution is 7.15. The van der Waals surface area contributed by atoms with Gasteiger partial charge in [0, 0.05) is 34.7 Å². The van der Waals surface area contributed by atoms with Gasteiger partial charge in [0.2, 0.25) is 0 Å². The van der Waals surface area contributed by atoms with Crippen LogP contribution < -0.4 is 5.32 Å². The molecule has 14 heteroatoms. The maximum Gasteiger partial charge on any atom is 0.434 e. The lowest BCUT2D eigenvalue weighted by atomic mass is 10.2. The van der Waals surface area contributed by atoms with Gasteiger partial charge in [-0.3, -0.25) is 4.90 Å². The summed E-state index contributed by atoms with van der Waals surface area (Å²) in [4.78, 5) is 4.43. The van der Waals surface area contributed by atoms with Gasteiger partial charge < -0.3 is 5.32 Å². The van der Waals surface area contributed by atoms with Crippen molar-refractivity contribution in [1.29, 1.82) is 0 Å². The van der Waals surface area contributed by atoms with Crippen molar-refractivity contribution in [3.63, 3.8) is 0 Å². The van der Waals surface area contributed by atoms with Crippen LogP contribution in [0.2, 0.25) is 0 Å². The second kappa shape index (κ2) is 15.0. The number of rotatable bonds is 10. The average Bonchev–Trinajstić information content (AvgIpc) is 3.13. The van der Waals surface area contributed by atoms with E-state index in [-0.39, 0.29) is 28.1 Å². The first-order chi connectivity index (χ1) is 17.0. The lowest BCUT2D eigenvalue weighted by Crippen LogP contribution is -2.28. The number of nitrogens with one attached hydrogen (secondary N) is 1. The minimum Gasteiger partial charge on any atom is -0.357 e. The number of halogens is 10. The Kier molecular flexibility index (Phi) is 13.4. The number of hydrogen-bond acceptors (Lipinski definition) is 4. The number of nitrogens with zero attached hydrogens (tertiary/aromatic N) is 2. The molecule has 0 saturated carbocycles. The lowest BCUT2D eigenvalue weighted by molar-refractivity contribution is -0.143. The molecule has 0 fully saturated rings. The first kappa shape index (κ1) is 33.2. The SMILES string of the molecule is C=C(Cl)/C=C(\C)Cl.C=C(Cl)CNc1nc(C(F)(F)F)c(CN(CCC(F)(F)F)Cc2cccc(F)c2)s1. The molecule has 0 bridgehead atoms. The van der Waals surface area contributed by atoms with Crippen molar-refractivity contribution in [2.24, 2.45) is 0 Å². The Morgan fingerprint density at radius 2 is 1.76 bits per heavy atom. The van der Waals surface area contributed by atoms with Crippen LogP contribution in [0.1, 0.15) is 29.5 Å². The smallest absolute Gasteiger partial charge is 0.357 e. The van der Waals surface area contributed by atoms with Crippen molar-refractivity contribution in [2.45, 2.75) is 38.8 Å². The third-order valence-corrected chi connectivity index (χ3v) is 5.48. The van der Waals surface area contributed by atoms with E-state index in [0.717, 1.165) is 12.1 Å². The van der Waals surface area contributed by atoms with E-state index in [1.165, 1.54) is 17.0 Å². The van der Waals surface area contributed by atoms with Crippen molar-refractivity contribution < 1.29 is 30.7 Å². The molecule has 1 N–H and O–H groups in total. The lowest BCUT2D eigenvalue weighted by Gasteiger charge is -2.23. The van der Waals surface area contributed by atoms with E-state index in [1.807, 2.05) is 0 Å². The van der Waals surface area contributed by atoms with Crippen molar-refractivity contribution in [1.82, 2.24) is 9.88 Å². The summed E-state index contributed by atoms with van der Waals surface area (Å²) in [6.45, 7) is 7.37. The number of hydrogen-bond donors (Lipinski definition) is 1. The summed E-state index contributed by atoms with van der Waals surface area (Å²) in [7, 11) is 0. The van der Waals surface area contributed by atoms with Gasteiger partial charge in [-0.25, -0.2) is 9.37 Å². The van der Waals surface area contributed by atoms with Crippen LogP contribution in [0.4, 0.5) is 35.9 Å². The minimum atomic E-state index is -4.79. The van der Waals surface area contributed by atoms with Gasteiger partial charge in [-0.15, -0.1) is 11.3 Å². The van der Waals surface area contributed by atoms with E-state index in [0.29, 0.717) is 27.0 Å². The molecule has 0 atom stereocenters. The molecule has 1 heterocycles. The molecule has 206 valence electrons. The average molecular weight is 613 g/mol. The number of anilines is 1. The molecule has 0 aliphatic rings. The largest absolute Gasteiger partial charge is 0.434 e. The van der Waals surface area contributed by atoms with Crippen molar-refractivity contribution in [3.05, 3.63) is 80.5 Å². The Morgan fingerprint density at radius 1 is 1.11 bits per heavy atom. The number of thiazole rings is 1. The van der Waals surface area contributed by atoms with E-state index in [1.54, 1.807) is 13.0 Å². The molecule has 1 aromatic heterocycles. The fourth-order valence-corrected chi connectivity index (χ4v) is 4.18. The van der Waals surface area contributed by atoms with Crippen LogP contribution >= 0.6 is 46.1 Å². The van der Waals surface area contributed by atoms with Crippen LogP contribution in [-0.2, 0) is 19.3 Å². The van der Waals surface area contributed by atoms with Crippen LogP contribution in [0.15, 0.2) is 58.6 Å². The molecule has 3 nitrogen and oxygen atoms in total. The number of allylic oxidation sites excluding steroid dienone is 3. The van der Waals surface area contributed by atoms with E-state index in [9.17, 15) is 30.7 Å². The van der Waals surface area contributed by atoms with E-state index in [4.69, 9.17) is 34.8 Å². The Labute approximate surface area is 229 Å². The topological polar surface area (TPSA) is 28.2 Å². The van der Waals surface area contributed by atoms with Crippen molar-refractivity contribution in [2.75, 3.05) is 18.4 Å². The molecule has 0 unspecified atom stereocenters. The van der Waals surface area contributed by atoms with Gasteiger partial charge in [0.25, 0.3) is 0 Å². The van der Waals surface area contributed by atoms with Crippen molar-refractivity contribution in [3.8, 4) is 0 Å². The maximum atomic E-state index is 13.4. The monoisotopic (exact) mass is 611 g/mol. The van der Waals surface area contributed by atoms with E-state index in [2.05, 4.69) is 23.5 Å². The summed E-state index contributed by atoms with van der Waals surface area (Å²) in [6.07, 6.45) is -8.92. The molecular formula is C23H23Cl3F7N3S. The summed E-state index contributed by atoms with van der Waals surface area (Å²) >= 11 is 17.0. The highest BCUT2D eigenvalue weighted by atomic mass is 35.5. The zero-order chi connectivity index (χ0) is 28.4. The van der Waals surface area contributed by atoms with Crippen LogP contribution in [0, 0.1) is 5.82 Å². The Bertz CT molecular complexity index is 1080. The molecule has 0 aliphatic heterocycles. The Hall–Kier alpha value is -1.79. The fourth-order valence-electron chi connectivity index (χ4n) is 2.74. The van der Waals surface area contributed by atoms with Gasteiger partial charge in [0.15, 0.2) is 10.8 Å². The second-order valence-corrected chi connectivity index (χ2v) is 10.2. The van der Waals surface area contributed by atoms with Gasteiger partial charge in [-0.2, -0.15) is 26.3 Å². The molecule has 0 saturated heterocycles. The number of benzene rings is 1. The van der Waals surface area contributed by atoms with Crippen LogP contribution in [0.25, 0.3) is 0 Å². The summed E-state index contributed by atoms with van der Waals surface area (Å²) in [5, 5.41) is 3.78. The van der Waals surface area contributed by atoms with Gasteiger partial charge in [-0.05, 0) is 30.7 Å². The quantitative estimate of drug-likeness (QED) is 0.214. The zero-order valence-electron chi connectivity index (χ0n) is 19.4. The highest BCUT2D eigenvalue weighted by Gasteiger charge is 2.38. The molecule has 2 aromatic rings. The van der Waals surface area contributed by atoms with Crippen LogP contribution in [0.3, 0.4) is 0 Å². The summed E-state index contributed by atoms with van der Waals surface area (Å²) < 4.78 is 91.7. The number of alkyl halides is 6. The molecule has 2 rings (SSSR count). The normalized spacial score (nSPS) is 12.3. The third kappa shape index (κ3) is 14.7. The van der Waals surface area contributed by atoms with Gasteiger partial charge in [0.05, 0.1) is 17.8 Å². The summed E-state index contributed by atoms with van der Waals surface area (Å²) in [5.74, 6) is -0.593. The Morgan fingerprint density at radius 3 is 2.22 bits per heavy atom. The van der Waals surface area contributed by atoms with Gasteiger partial charge >= 0.3 is 12.4 Å². The van der Waals surface area contributed by atoms with Crippen LogP contribution in [-0.4, -0.2) is 29.1 Å². The third-order valence-electron chi connectivity index (χ3n) is 4.13. The summed E-state index contributed by atoms with van der Waals surface area (Å²) in [6, 6.07) is 5.15. The molecule has 37 heavy (non-hydrogen) atoms. The van der Waals surface area contributed by atoms with E-state index < -0.39 is 43.4 Å². The van der Waals surface area contributed by atoms with Crippen LogP contribution in [0.5, 0.6) is 0 Å². The van der Waals surface area contributed by atoms with E-state index >= 15 is 0 Å². The zero-order valence-corrected chi connectivity index (χ0v) is 22.5. The predicted molar refractivity (Wildman–Crippen MR) is 136 cm³/mol. The van der Waals surface area contributed by atoms with Crippen molar-refractivity contribution >= 4 is 51.3 Å². The molecule has 0 aliphatic carbocycles. The second-order valence-electron chi connectivity index (χ2n) is 7.54. The molecule has 0 amide bonds. The Balaban J connectivity index is 0.000000856. The number of aromatic nitrogens is 1. The van der Waals surface area contributed by atoms with Gasteiger partial charge in [-0.1, -0.05) is 60.1 Å². The molecule has 1 aromatic carbocycles.